The highest BCUT2D eigenvalue weighted by Crippen LogP contribution is 2.16. The molecule has 2 aromatic heterocycles. The summed E-state index contributed by atoms with van der Waals surface area (Å²) in [5.41, 5.74) is 0.576. The van der Waals surface area contributed by atoms with Crippen molar-refractivity contribution in [2.45, 2.75) is 6.54 Å². The van der Waals surface area contributed by atoms with Crippen LogP contribution in [0.5, 0.6) is 0 Å². The van der Waals surface area contributed by atoms with Gasteiger partial charge in [-0.3, -0.25) is 9.78 Å². The Kier molecular flexibility index (Phi) is 5.70. The Morgan fingerprint density at radius 1 is 1.50 bits per heavy atom. The number of pyridine rings is 1. The van der Waals surface area contributed by atoms with Gasteiger partial charge in [-0.25, -0.2) is 0 Å². The Hall–Kier alpha value is -1.24. The van der Waals surface area contributed by atoms with Crippen LogP contribution in [0.3, 0.4) is 0 Å². The number of carbonyl (C=O) groups excluding carboxylic acids is 1. The van der Waals surface area contributed by atoms with Crippen LogP contribution in [0.2, 0.25) is 0 Å². The number of amides is 1. The highest BCUT2D eigenvalue weighted by Gasteiger charge is 2.17. The molecule has 2 rings (SSSR count). The molecule has 0 N–H and O–H groups in total. The largest absolute Gasteiger partial charge is 0.383 e. The maximum absolute atomic E-state index is 12.5. The second-order valence-electron chi connectivity index (χ2n) is 4.19. The summed E-state index contributed by atoms with van der Waals surface area (Å²) in [4.78, 5) is 19.5. The van der Waals surface area contributed by atoms with Crippen molar-refractivity contribution in [3.8, 4) is 0 Å². The first-order chi connectivity index (χ1) is 9.70. The number of rotatable bonds is 6. The second-order valence-corrected chi connectivity index (χ2v) is 6.14. The molecule has 0 aromatic carbocycles. The fraction of sp³-hybridized carbons (Fsp3) is 0.286. The molecule has 20 heavy (non-hydrogen) atoms. The molecule has 2 aromatic rings. The van der Waals surface area contributed by atoms with Crippen molar-refractivity contribution in [2.24, 2.45) is 0 Å². The van der Waals surface area contributed by atoms with Gasteiger partial charge in [0, 0.05) is 35.4 Å². The number of hydrogen-bond donors (Lipinski definition) is 0. The first-order valence-corrected chi connectivity index (χ1v) is 7.79. The summed E-state index contributed by atoms with van der Waals surface area (Å²) in [6.07, 6.45) is 3.25. The number of methoxy groups -OCH3 is 1. The molecule has 0 bridgehead atoms. The molecule has 0 fully saturated rings. The summed E-state index contributed by atoms with van der Waals surface area (Å²) < 4.78 is 5.88. The van der Waals surface area contributed by atoms with Crippen LogP contribution in [0.15, 0.2) is 40.4 Å². The van der Waals surface area contributed by atoms with E-state index >= 15 is 0 Å². The van der Waals surface area contributed by atoms with E-state index in [-0.39, 0.29) is 5.91 Å². The number of hydrogen-bond acceptors (Lipinski definition) is 4. The third kappa shape index (κ3) is 4.13. The molecule has 1 amide bonds. The summed E-state index contributed by atoms with van der Waals surface area (Å²) in [6.45, 7) is 1.66. The predicted molar refractivity (Wildman–Crippen MR) is 82.9 cm³/mol. The summed E-state index contributed by atoms with van der Waals surface area (Å²) in [5.74, 6) is -0.0377. The molecule has 0 radical (unpaired) electrons. The van der Waals surface area contributed by atoms with Crippen molar-refractivity contribution < 1.29 is 9.53 Å². The van der Waals surface area contributed by atoms with Crippen LogP contribution in [0, 0.1) is 0 Å². The quantitative estimate of drug-likeness (QED) is 0.799. The molecule has 0 saturated carbocycles. The Morgan fingerprint density at radius 2 is 2.35 bits per heavy atom. The molecule has 4 nitrogen and oxygen atoms in total. The summed E-state index contributed by atoms with van der Waals surface area (Å²) in [7, 11) is 1.63. The average molecular weight is 355 g/mol. The minimum atomic E-state index is -0.0377. The number of carbonyl (C=O) groups is 1. The minimum absolute atomic E-state index is 0.0377. The molecule has 0 aliphatic rings. The zero-order valence-corrected chi connectivity index (χ0v) is 13.5. The van der Waals surface area contributed by atoms with Crippen LogP contribution in [0.4, 0.5) is 0 Å². The van der Waals surface area contributed by atoms with Crippen molar-refractivity contribution in [2.75, 3.05) is 20.3 Å². The van der Waals surface area contributed by atoms with Gasteiger partial charge in [0.1, 0.15) is 0 Å². The van der Waals surface area contributed by atoms with Crippen molar-refractivity contribution in [1.82, 2.24) is 9.88 Å². The summed E-state index contributed by atoms with van der Waals surface area (Å²) in [6, 6.07) is 5.79. The van der Waals surface area contributed by atoms with Crippen LogP contribution >= 0.6 is 27.3 Å². The maximum Gasteiger partial charge on any atom is 0.255 e. The lowest BCUT2D eigenvalue weighted by Gasteiger charge is -2.21. The van der Waals surface area contributed by atoms with Crippen LogP contribution in [-0.4, -0.2) is 36.1 Å². The van der Waals surface area contributed by atoms with Gasteiger partial charge in [-0.1, -0.05) is 6.07 Å². The fourth-order valence-corrected chi connectivity index (χ4v) is 2.84. The maximum atomic E-state index is 12.5. The van der Waals surface area contributed by atoms with Crippen LogP contribution in [0.25, 0.3) is 0 Å². The first kappa shape index (κ1) is 15.2. The van der Waals surface area contributed by atoms with Gasteiger partial charge in [0.25, 0.3) is 5.91 Å². The SMILES string of the molecule is COCCN(Cc1cccs1)C(=O)c1cncc(Br)c1. The molecular formula is C14H15BrN2O2S. The molecule has 0 aliphatic carbocycles. The fourth-order valence-electron chi connectivity index (χ4n) is 1.76. The number of aromatic nitrogens is 1. The molecule has 6 heteroatoms. The van der Waals surface area contributed by atoms with E-state index in [1.807, 2.05) is 17.5 Å². The zero-order valence-electron chi connectivity index (χ0n) is 11.1. The summed E-state index contributed by atoms with van der Waals surface area (Å²) in [5, 5.41) is 2.01. The van der Waals surface area contributed by atoms with Gasteiger partial charge in [0.05, 0.1) is 18.7 Å². The Morgan fingerprint density at radius 3 is 3.00 bits per heavy atom. The van der Waals surface area contributed by atoms with Gasteiger partial charge in [-0.15, -0.1) is 11.3 Å². The van der Waals surface area contributed by atoms with E-state index in [0.717, 1.165) is 9.35 Å². The standard InChI is InChI=1S/C14H15BrN2O2S/c1-19-5-4-17(10-13-3-2-6-20-13)14(18)11-7-12(15)9-16-8-11/h2-3,6-9H,4-5,10H2,1H3. The van der Waals surface area contributed by atoms with E-state index in [4.69, 9.17) is 4.74 Å². The van der Waals surface area contributed by atoms with E-state index in [0.29, 0.717) is 25.3 Å². The number of halogens is 1. The first-order valence-electron chi connectivity index (χ1n) is 6.12. The van der Waals surface area contributed by atoms with E-state index in [2.05, 4.69) is 20.9 Å². The van der Waals surface area contributed by atoms with Crippen molar-refractivity contribution in [3.63, 3.8) is 0 Å². The number of nitrogens with zero attached hydrogens (tertiary/aromatic N) is 2. The van der Waals surface area contributed by atoms with E-state index in [1.54, 1.807) is 41.8 Å². The third-order valence-electron chi connectivity index (χ3n) is 2.73. The van der Waals surface area contributed by atoms with E-state index in [9.17, 15) is 4.79 Å². The number of ether oxygens (including phenoxy) is 1. The lowest BCUT2D eigenvalue weighted by atomic mass is 10.2. The minimum Gasteiger partial charge on any atom is -0.383 e. The monoisotopic (exact) mass is 354 g/mol. The molecule has 0 saturated heterocycles. The smallest absolute Gasteiger partial charge is 0.255 e. The van der Waals surface area contributed by atoms with Gasteiger partial charge in [0.2, 0.25) is 0 Å². The van der Waals surface area contributed by atoms with Gasteiger partial charge >= 0.3 is 0 Å². The molecular weight excluding hydrogens is 340 g/mol. The van der Waals surface area contributed by atoms with Gasteiger partial charge in [-0.05, 0) is 33.4 Å². The average Bonchev–Trinajstić information content (AvgIpc) is 2.95. The molecule has 106 valence electrons. The lowest BCUT2D eigenvalue weighted by molar-refractivity contribution is 0.0682. The molecule has 0 atom stereocenters. The zero-order chi connectivity index (χ0) is 14.4. The molecule has 2 heterocycles. The van der Waals surface area contributed by atoms with Crippen LogP contribution < -0.4 is 0 Å². The van der Waals surface area contributed by atoms with E-state index in [1.165, 1.54) is 0 Å². The van der Waals surface area contributed by atoms with Crippen molar-refractivity contribution >= 4 is 33.2 Å². The van der Waals surface area contributed by atoms with Crippen molar-refractivity contribution in [3.05, 3.63) is 50.9 Å². The topological polar surface area (TPSA) is 42.4 Å². The molecule has 0 aliphatic heterocycles. The van der Waals surface area contributed by atoms with Crippen molar-refractivity contribution in [1.29, 1.82) is 0 Å². The normalized spacial score (nSPS) is 10.5. The molecule has 0 spiro atoms. The highest BCUT2D eigenvalue weighted by atomic mass is 79.9. The van der Waals surface area contributed by atoms with Crippen LogP contribution in [-0.2, 0) is 11.3 Å². The Labute approximate surface area is 130 Å². The molecule has 0 unspecified atom stereocenters. The van der Waals surface area contributed by atoms with E-state index < -0.39 is 0 Å². The van der Waals surface area contributed by atoms with Gasteiger partial charge in [-0.2, -0.15) is 0 Å². The Bertz CT molecular complexity index is 560. The number of thiophene rings is 1. The second kappa shape index (κ2) is 7.52. The van der Waals surface area contributed by atoms with Crippen LogP contribution in [0.1, 0.15) is 15.2 Å². The lowest BCUT2D eigenvalue weighted by Crippen LogP contribution is -2.33. The highest BCUT2D eigenvalue weighted by molar-refractivity contribution is 9.10. The Balaban J connectivity index is 2.14. The van der Waals surface area contributed by atoms with Gasteiger partial charge < -0.3 is 9.64 Å². The van der Waals surface area contributed by atoms with Gasteiger partial charge in [0.15, 0.2) is 0 Å². The summed E-state index contributed by atoms with van der Waals surface area (Å²) >= 11 is 4.98. The predicted octanol–water partition coefficient (Wildman–Crippen LogP) is 3.19. The third-order valence-corrected chi connectivity index (χ3v) is 4.03.